The second-order valence-electron chi connectivity index (χ2n) is 9.92. The first-order valence-corrected chi connectivity index (χ1v) is 12.3. The van der Waals surface area contributed by atoms with E-state index in [9.17, 15) is 9.59 Å². The molecule has 0 spiro atoms. The minimum absolute atomic E-state index is 0.00339. The molecule has 0 aromatic rings. The molecular weight excluding hydrogens is 426 g/mol. The molecule has 0 aromatic heterocycles. The maximum absolute atomic E-state index is 13.1. The lowest BCUT2D eigenvalue weighted by Crippen LogP contribution is -2.57. The highest BCUT2D eigenvalue weighted by molar-refractivity contribution is 7.80. The van der Waals surface area contributed by atoms with Gasteiger partial charge >= 0.3 is 6.09 Å². The van der Waals surface area contributed by atoms with Crippen molar-refractivity contribution in [1.29, 1.82) is 5.41 Å². The number of hydrogen-bond donors (Lipinski definition) is 4. The van der Waals surface area contributed by atoms with Crippen molar-refractivity contribution in [2.24, 2.45) is 23.0 Å². The second-order valence-corrected chi connectivity index (χ2v) is 10.3. The quantitative estimate of drug-likeness (QED) is 0.235. The summed E-state index contributed by atoms with van der Waals surface area (Å²) in [7, 11) is 1.35. The summed E-state index contributed by atoms with van der Waals surface area (Å²) in [5.41, 5.74) is 5.37. The summed E-state index contributed by atoms with van der Waals surface area (Å²) in [6.45, 7) is 7.64. The summed E-state index contributed by atoms with van der Waals surface area (Å²) in [6.07, 6.45) is 6.78. The molecule has 1 aliphatic heterocycles. The first-order chi connectivity index (χ1) is 15.1. The van der Waals surface area contributed by atoms with E-state index in [0.29, 0.717) is 24.0 Å². The molecule has 2 aliphatic rings. The number of thiocarbonyl (C=S) groups is 1. The molecule has 2 fully saturated rings. The van der Waals surface area contributed by atoms with Crippen LogP contribution in [0.4, 0.5) is 4.79 Å². The van der Waals surface area contributed by atoms with E-state index < -0.39 is 6.09 Å². The lowest BCUT2D eigenvalue weighted by molar-refractivity contribution is -0.124. The SMILES string of the molecule is CCCC(C)(C)[C@H](NC(=O)OC)C(=S)N1CCC[C@H]1C(=O)NCC1CCC(C(=N)N)CC1. The second kappa shape index (κ2) is 11.8. The molecule has 5 N–H and O–H groups in total. The van der Waals surface area contributed by atoms with E-state index in [0.717, 1.165) is 51.4 Å². The van der Waals surface area contributed by atoms with Gasteiger partial charge in [0.15, 0.2) is 0 Å². The third kappa shape index (κ3) is 6.80. The van der Waals surface area contributed by atoms with Gasteiger partial charge in [-0.2, -0.15) is 0 Å². The number of nitrogens with one attached hydrogen (secondary N) is 3. The number of nitrogens with two attached hydrogens (primary N) is 1. The van der Waals surface area contributed by atoms with E-state index in [1.54, 1.807) is 0 Å². The van der Waals surface area contributed by atoms with Crippen molar-refractivity contribution < 1.29 is 14.3 Å². The average Bonchev–Trinajstić information content (AvgIpc) is 3.25. The van der Waals surface area contributed by atoms with E-state index in [2.05, 4.69) is 31.4 Å². The van der Waals surface area contributed by atoms with Gasteiger partial charge in [-0.1, -0.05) is 39.4 Å². The van der Waals surface area contributed by atoms with Crippen molar-refractivity contribution >= 4 is 35.0 Å². The van der Waals surface area contributed by atoms with E-state index in [1.165, 1.54) is 7.11 Å². The monoisotopic (exact) mass is 467 g/mol. The summed E-state index contributed by atoms with van der Waals surface area (Å²) in [6, 6.07) is -0.699. The number of alkyl carbamates (subject to hydrolysis) is 1. The van der Waals surface area contributed by atoms with Crippen LogP contribution >= 0.6 is 12.2 Å². The predicted octanol–water partition coefficient (Wildman–Crippen LogP) is 3.19. The number of ether oxygens (including phenoxy) is 1. The minimum atomic E-state index is -0.511. The Morgan fingerprint density at radius 2 is 1.91 bits per heavy atom. The lowest BCUT2D eigenvalue weighted by atomic mass is 9.79. The van der Waals surface area contributed by atoms with Crippen molar-refractivity contribution in [2.45, 2.75) is 84.2 Å². The maximum Gasteiger partial charge on any atom is 0.407 e. The van der Waals surface area contributed by atoms with Crippen molar-refractivity contribution in [1.82, 2.24) is 15.5 Å². The molecule has 8 nitrogen and oxygen atoms in total. The molecule has 1 aliphatic carbocycles. The molecular formula is C23H41N5O3S. The van der Waals surface area contributed by atoms with Crippen LogP contribution in [0.25, 0.3) is 0 Å². The van der Waals surface area contributed by atoms with Crippen LogP contribution in [-0.2, 0) is 9.53 Å². The minimum Gasteiger partial charge on any atom is -0.453 e. The third-order valence-electron chi connectivity index (χ3n) is 7.06. The van der Waals surface area contributed by atoms with Crippen molar-refractivity contribution in [3.8, 4) is 0 Å². The van der Waals surface area contributed by atoms with Gasteiger partial charge in [-0.05, 0) is 56.3 Å². The van der Waals surface area contributed by atoms with E-state index in [4.69, 9.17) is 28.1 Å². The normalized spacial score (nSPS) is 24.5. The third-order valence-corrected chi connectivity index (χ3v) is 7.53. The fraction of sp³-hybridized carbons (Fsp3) is 0.826. The van der Waals surface area contributed by atoms with Gasteiger partial charge in [0.25, 0.3) is 0 Å². The van der Waals surface area contributed by atoms with Crippen molar-refractivity contribution in [3.63, 3.8) is 0 Å². The van der Waals surface area contributed by atoms with Crippen molar-refractivity contribution in [2.75, 3.05) is 20.2 Å². The van der Waals surface area contributed by atoms with Crippen LogP contribution in [0.2, 0.25) is 0 Å². The van der Waals surface area contributed by atoms with Gasteiger partial charge in [0, 0.05) is 19.0 Å². The van der Waals surface area contributed by atoms with Crippen LogP contribution in [0.3, 0.4) is 0 Å². The standard InChI is InChI=1S/C23H41N5O3S/c1-5-12-23(2,3)18(27-22(30)31-4)21(32)28-13-6-7-17(28)20(29)26-14-15-8-10-16(11-9-15)19(24)25/h15-18H,5-14H2,1-4H3,(H3,24,25)(H,26,29)(H,27,30)/t15?,16?,17-,18+/m0/s1. The average molecular weight is 468 g/mol. The molecule has 1 saturated carbocycles. The van der Waals surface area contributed by atoms with Crippen LogP contribution < -0.4 is 16.4 Å². The molecule has 2 rings (SSSR count). The van der Waals surface area contributed by atoms with Crippen molar-refractivity contribution in [3.05, 3.63) is 0 Å². The zero-order valence-corrected chi connectivity index (χ0v) is 20.9. The molecule has 1 saturated heterocycles. The highest BCUT2D eigenvalue weighted by atomic mass is 32.1. The van der Waals surface area contributed by atoms with E-state index >= 15 is 0 Å². The zero-order valence-electron chi connectivity index (χ0n) is 20.0. The Balaban J connectivity index is 2.00. The molecule has 1 heterocycles. The molecule has 32 heavy (non-hydrogen) atoms. The molecule has 2 amide bonds. The summed E-state index contributed by atoms with van der Waals surface area (Å²) in [5, 5.41) is 13.7. The van der Waals surface area contributed by atoms with Crippen LogP contribution in [0.1, 0.15) is 72.1 Å². The molecule has 0 bridgehead atoms. The first-order valence-electron chi connectivity index (χ1n) is 11.9. The predicted molar refractivity (Wildman–Crippen MR) is 131 cm³/mol. The van der Waals surface area contributed by atoms with Crippen LogP contribution in [0.5, 0.6) is 0 Å². The van der Waals surface area contributed by atoms with Gasteiger partial charge in [0.2, 0.25) is 5.91 Å². The van der Waals surface area contributed by atoms with Gasteiger partial charge in [-0.15, -0.1) is 0 Å². The Bertz CT molecular complexity index is 691. The fourth-order valence-corrected chi connectivity index (χ4v) is 5.66. The molecule has 182 valence electrons. The van der Waals surface area contributed by atoms with Crippen LogP contribution in [0.15, 0.2) is 0 Å². The van der Waals surface area contributed by atoms with Gasteiger partial charge in [0.05, 0.1) is 19.0 Å². The largest absolute Gasteiger partial charge is 0.453 e. The number of carbonyl (C=O) groups excluding carboxylic acids is 2. The Morgan fingerprint density at radius 1 is 1.25 bits per heavy atom. The summed E-state index contributed by atoms with van der Waals surface area (Å²) in [4.78, 5) is 27.7. The summed E-state index contributed by atoms with van der Waals surface area (Å²) >= 11 is 5.85. The Kier molecular flexibility index (Phi) is 9.73. The van der Waals surface area contributed by atoms with E-state index in [1.807, 2.05) is 4.90 Å². The number of amidine groups is 1. The number of carbonyl (C=O) groups is 2. The van der Waals surface area contributed by atoms with E-state index in [-0.39, 0.29) is 35.2 Å². The Labute approximate surface area is 197 Å². The zero-order chi connectivity index (χ0) is 23.9. The first kappa shape index (κ1) is 26.4. The highest BCUT2D eigenvalue weighted by Gasteiger charge is 2.41. The van der Waals surface area contributed by atoms with Crippen LogP contribution in [0, 0.1) is 22.7 Å². The number of rotatable bonds is 9. The Morgan fingerprint density at radius 3 is 2.47 bits per heavy atom. The maximum atomic E-state index is 13.1. The number of amides is 2. The fourth-order valence-electron chi connectivity index (χ4n) is 5.07. The number of likely N-dealkylation sites (tertiary alicyclic amines) is 1. The molecule has 0 aromatic carbocycles. The van der Waals surface area contributed by atoms with Gasteiger partial charge in [-0.25, -0.2) is 4.79 Å². The lowest BCUT2D eigenvalue weighted by Gasteiger charge is -2.39. The van der Waals surface area contributed by atoms with Gasteiger partial charge < -0.3 is 26.0 Å². The summed E-state index contributed by atoms with van der Waals surface area (Å²) in [5.74, 6) is 0.899. The number of hydrogen-bond acceptors (Lipinski definition) is 5. The molecule has 9 heteroatoms. The topological polar surface area (TPSA) is 121 Å². The number of nitrogens with zero attached hydrogens (tertiary/aromatic N) is 1. The molecule has 0 unspecified atom stereocenters. The number of methoxy groups -OCH3 is 1. The molecule has 0 radical (unpaired) electrons. The molecule has 2 atom stereocenters. The van der Waals surface area contributed by atoms with Gasteiger partial charge in [-0.3, -0.25) is 10.2 Å². The smallest absolute Gasteiger partial charge is 0.407 e. The van der Waals surface area contributed by atoms with Crippen LogP contribution in [-0.4, -0.2) is 60.0 Å². The highest BCUT2D eigenvalue weighted by Crippen LogP contribution is 2.32. The summed E-state index contributed by atoms with van der Waals surface area (Å²) < 4.78 is 4.84. The Hall–Kier alpha value is -1.90. The van der Waals surface area contributed by atoms with Gasteiger partial charge in [0.1, 0.15) is 11.0 Å².